The first-order valence-corrected chi connectivity index (χ1v) is 7.94. The minimum absolute atomic E-state index is 0.130. The zero-order valence-electron chi connectivity index (χ0n) is 13.9. The number of nitrogens with one attached hydrogen (secondary N) is 2. The van der Waals surface area contributed by atoms with Crippen molar-refractivity contribution >= 4 is 17.5 Å². The molecule has 0 saturated carbocycles. The van der Waals surface area contributed by atoms with Gasteiger partial charge in [0.2, 0.25) is 18.6 Å². The largest absolute Gasteiger partial charge is 0.454 e. The first-order chi connectivity index (χ1) is 12.8. The molecular formula is C18H15F3N2O4. The minimum Gasteiger partial charge on any atom is -0.454 e. The predicted molar refractivity (Wildman–Crippen MR) is 89.1 cm³/mol. The summed E-state index contributed by atoms with van der Waals surface area (Å²) in [6, 6.07) is 9.70. The average molecular weight is 380 g/mol. The van der Waals surface area contributed by atoms with Crippen LogP contribution in [0, 0.1) is 0 Å². The van der Waals surface area contributed by atoms with E-state index in [9.17, 15) is 22.8 Å². The van der Waals surface area contributed by atoms with Crippen LogP contribution < -0.4 is 20.1 Å². The molecule has 2 aromatic carbocycles. The third-order valence-electron chi connectivity index (χ3n) is 3.75. The van der Waals surface area contributed by atoms with Crippen LogP contribution in [-0.4, -0.2) is 18.6 Å². The molecule has 9 heteroatoms. The highest BCUT2D eigenvalue weighted by atomic mass is 19.4. The van der Waals surface area contributed by atoms with E-state index >= 15 is 0 Å². The maximum Gasteiger partial charge on any atom is 0.418 e. The Morgan fingerprint density at radius 2 is 1.74 bits per heavy atom. The monoisotopic (exact) mass is 380 g/mol. The Hall–Kier alpha value is -3.23. The number of halogens is 3. The van der Waals surface area contributed by atoms with Gasteiger partial charge in [-0.3, -0.25) is 9.59 Å². The molecule has 0 aromatic heterocycles. The van der Waals surface area contributed by atoms with Gasteiger partial charge in [-0.15, -0.1) is 0 Å². The van der Waals surface area contributed by atoms with E-state index in [-0.39, 0.29) is 13.3 Å². The van der Waals surface area contributed by atoms with Crippen molar-refractivity contribution in [2.75, 3.05) is 12.1 Å². The molecule has 2 aromatic rings. The van der Waals surface area contributed by atoms with Gasteiger partial charge in [-0.05, 0) is 29.8 Å². The molecule has 0 fully saturated rings. The maximum absolute atomic E-state index is 12.9. The Morgan fingerprint density at radius 3 is 2.52 bits per heavy atom. The van der Waals surface area contributed by atoms with Crippen LogP contribution in [-0.2, 0) is 22.3 Å². The number of hydrogen-bond acceptors (Lipinski definition) is 4. The second-order valence-corrected chi connectivity index (χ2v) is 5.73. The van der Waals surface area contributed by atoms with Crippen LogP contribution in [0.1, 0.15) is 17.5 Å². The van der Waals surface area contributed by atoms with Crippen molar-refractivity contribution in [2.24, 2.45) is 0 Å². The van der Waals surface area contributed by atoms with Gasteiger partial charge in [0.1, 0.15) is 6.42 Å². The highest BCUT2D eigenvalue weighted by Crippen LogP contribution is 2.34. The van der Waals surface area contributed by atoms with Crippen LogP contribution in [0.4, 0.5) is 18.9 Å². The van der Waals surface area contributed by atoms with Gasteiger partial charge in [0.15, 0.2) is 11.5 Å². The molecule has 0 saturated heterocycles. The van der Waals surface area contributed by atoms with Crippen molar-refractivity contribution in [1.82, 2.24) is 5.32 Å². The van der Waals surface area contributed by atoms with Crippen molar-refractivity contribution in [3.05, 3.63) is 53.6 Å². The van der Waals surface area contributed by atoms with Crippen molar-refractivity contribution < 1.29 is 32.2 Å². The Labute approximate surface area is 152 Å². The summed E-state index contributed by atoms with van der Waals surface area (Å²) in [6.45, 7) is 0.270. The van der Waals surface area contributed by atoms with Crippen LogP contribution in [0.2, 0.25) is 0 Å². The molecule has 6 nitrogen and oxygen atoms in total. The molecule has 0 atom stereocenters. The lowest BCUT2D eigenvalue weighted by atomic mass is 10.1. The predicted octanol–water partition coefficient (Wildman–Crippen LogP) is 3.08. The van der Waals surface area contributed by atoms with E-state index < -0.39 is 35.7 Å². The van der Waals surface area contributed by atoms with Crippen LogP contribution in [0.15, 0.2) is 42.5 Å². The lowest BCUT2D eigenvalue weighted by Crippen LogP contribution is -2.28. The lowest BCUT2D eigenvalue weighted by Gasteiger charge is -2.13. The van der Waals surface area contributed by atoms with E-state index in [4.69, 9.17) is 9.47 Å². The molecule has 0 bridgehead atoms. The van der Waals surface area contributed by atoms with E-state index in [1.807, 2.05) is 0 Å². The Bertz CT molecular complexity index is 868. The Balaban J connectivity index is 1.53. The molecule has 27 heavy (non-hydrogen) atoms. The number of anilines is 1. The molecule has 3 rings (SSSR count). The fraction of sp³-hybridized carbons (Fsp3) is 0.222. The number of carbonyl (C=O) groups excluding carboxylic acids is 2. The number of ether oxygens (including phenoxy) is 2. The molecule has 2 amide bonds. The average Bonchev–Trinajstić information content (AvgIpc) is 3.07. The number of alkyl halides is 3. The summed E-state index contributed by atoms with van der Waals surface area (Å²) in [5, 5.41) is 4.66. The molecule has 1 aliphatic heterocycles. The van der Waals surface area contributed by atoms with Gasteiger partial charge in [-0.2, -0.15) is 13.2 Å². The number of hydrogen-bond donors (Lipinski definition) is 2. The van der Waals surface area contributed by atoms with Crippen LogP contribution in [0.3, 0.4) is 0 Å². The molecule has 142 valence electrons. The molecule has 0 radical (unpaired) electrons. The number of benzene rings is 2. The molecule has 0 unspecified atom stereocenters. The minimum atomic E-state index is -4.61. The second-order valence-electron chi connectivity index (χ2n) is 5.73. The van der Waals surface area contributed by atoms with Gasteiger partial charge in [0, 0.05) is 6.54 Å². The summed E-state index contributed by atoms with van der Waals surface area (Å²) in [7, 11) is 0. The Kier molecular flexibility index (Phi) is 5.20. The highest BCUT2D eigenvalue weighted by Gasteiger charge is 2.33. The molecule has 0 spiro atoms. The smallest absolute Gasteiger partial charge is 0.418 e. The standard InChI is InChI=1S/C18H15F3N2O4/c19-18(20,21)12-3-1-2-4-13(12)23-17(25)8-16(24)22-9-11-5-6-14-15(7-11)27-10-26-14/h1-7H,8-10H2,(H,22,24)(H,23,25). The van der Waals surface area contributed by atoms with Crippen molar-refractivity contribution in [1.29, 1.82) is 0 Å². The first kappa shape index (κ1) is 18.6. The normalized spacial score (nSPS) is 12.6. The summed E-state index contributed by atoms with van der Waals surface area (Å²) in [6.07, 6.45) is -5.21. The summed E-state index contributed by atoms with van der Waals surface area (Å²) in [4.78, 5) is 23.8. The molecule has 0 aliphatic carbocycles. The number of fused-ring (bicyclic) bond motifs is 1. The van der Waals surface area contributed by atoms with E-state index in [1.165, 1.54) is 12.1 Å². The second kappa shape index (κ2) is 7.56. The number of carbonyl (C=O) groups is 2. The summed E-state index contributed by atoms with van der Waals surface area (Å²) in [5.41, 5.74) is -0.631. The van der Waals surface area contributed by atoms with Crippen molar-refractivity contribution in [3.8, 4) is 11.5 Å². The fourth-order valence-corrected chi connectivity index (χ4v) is 2.49. The summed E-state index contributed by atoms with van der Waals surface area (Å²) < 4.78 is 49.1. The van der Waals surface area contributed by atoms with Crippen LogP contribution in [0.25, 0.3) is 0 Å². The Morgan fingerprint density at radius 1 is 1.00 bits per heavy atom. The van der Waals surface area contributed by atoms with Gasteiger partial charge < -0.3 is 20.1 Å². The van der Waals surface area contributed by atoms with Crippen molar-refractivity contribution in [2.45, 2.75) is 19.1 Å². The van der Waals surface area contributed by atoms with Gasteiger partial charge in [0.05, 0.1) is 11.3 Å². The SMILES string of the molecule is O=C(CC(=O)Nc1ccccc1C(F)(F)F)NCc1ccc2c(c1)OCO2. The van der Waals surface area contributed by atoms with E-state index in [1.54, 1.807) is 18.2 Å². The number of rotatable bonds is 5. The molecule has 1 heterocycles. The highest BCUT2D eigenvalue weighted by molar-refractivity contribution is 6.03. The topological polar surface area (TPSA) is 76.7 Å². The van der Waals surface area contributed by atoms with Crippen molar-refractivity contribution in [3.63, 3.8) is 0 Å². The fourth-order valence-electron chi connectivity index (χ4n) is 2.49. The van der Waals surface area contributed by atoms with E-state index in [0.29, 0.717) is 11.5 Å². The van der Waals surface area contributed by atoms with E-state index in [0.717, 1.165) is 17.7 Å². The van der Waals surface area contributed by atoms with E-state index in [2.05, 4.69) is 10.6 Å². The first-order valence-electron chi connectivity index (χ1n) is 7.94. The van der Waals surface area contributed by atoms with Gasteiger partial charge in [-0.1, -0.05) is 18.2 Å². The van der Waals surface area contributed by atoms with Crippen LogP contribution >= 0.6 is 0 Å². The summed E-state index contributed by atoms with van der Waals surface area (Å²) >= 11 is 0. The number of amides is 2. The quantitative estimate of drug-likeness (QED) is 0.782. The number of para-hydroxylation sites is 1. The van der Waals surface area contributed by atoms with Gasteiger partial charge in [0.25, 0.3) is 0 Å². The lowest BCUT2D eigenvalue weighted by molar-refractivity contribution is -0.137. The van der Waals surface area contributed by atoms with Gasteiger partial charge in [-0.25, -0.2) is 0 Å². The third kappa shape index (κ3) is 4.69. The zero-order valence-corrected chi connectivity index (χ0v) is 13.9. The maximum atomic E-state index is 12.9. The summed E-state index contributed by atoms with van der Waals surface area (Å²) in [5.74, 6) is -0.291. The zero-order chi connectivity index (χ0) is 19.4. The molecule has 2 N–H and O–H groups in total. The molecular weight excluding hydrogens is 365 g/mol. The molecule has 1 aliphatic rings. The van der Waals surface area contributed by atoms with Gasteiger partial charge >= 0.3 is 6.18 Å². The van der Waals surface area contributed by atoms with Crippen LogP contribution in [0.5, 0.6) is 11.5 Å². The third-order valence-corrected chi connectivity index (χ3v) is 3.75.